The lowest BCUT2D eigenvalue weighted by molar-refractivity contribution is -0.116. The first-order valence-electron chi connectivity index (χ1n) is 9.31. The molecule has 5 rings (SSSR count). The van der Waals surface area contributed by atoms with Gasteiger partial charge in [-0.25, -0.2) is 9.67 Å². The van der Waals surface area contributed by atoms with Crippen LogP contribution in [0.4, 0.5) is 5.69 Å². The quantitative estimate of drug-likeness (QED) is 0.514. The number of nitrogens with zero attached hydrogens (tertiary/aromatic N) is 5. The maximum absolute atomic E-state index is 12.6. The standard InChI is InChI=1S/C22H18N6O/c1-15-20-21-16(12-23-22(20)28(26-15)18-10-6-3-7-11-18)13-24-27(21)14-19(29)25-17-8-4-2-5-9-17/h2-13H,14H2,1H3,(H,25,29). The van der Waals surface area contributed by atoms with E-state index in [0.717, 1.165) is 39.0 Å². The zero-order chi connectivity index (χ0) is 19.8. The number of hydrogen-bond acceptors (Lipinski definition) is 4. The third-order valence-electron chi connectivity index (χ3n) is 4.82. The fourth-order valence-corrected chi connectivity index (χ4v) is 3.54. The van der Waals surface area contributed by atoms with Crippen molar-refractivity contribution in [2.45, 2.75) is 13.5 Å². The Bertz CT molecular complexity index is 1320. The summed E-state index contributed by atoms with van der Waals surface area (Å²) >= 11 is 0. The molecule has 0 saturated carbocycles. The van der Waals surface area contributed by atoms with E-state index < -0.39 is 0 Å². The number of carbonyl (C=O) groups excluding carboxylic acids is 1. The summed E-state index contributed by atoms with van der Waals surface area (Å²) in [6.45, 7) is 2.05. The lowest BCUT2D eigenvalue weighted by Gasteiger charge is -2.07. The Labute approximate surface area is 166 Å². The van der Waals surface area contributed by atoms with E-state index in [4.69, 9.17) is 5.10 Å². The summed E-state index contributed by atoms with van der Waals surface area (Å²) in [5, 5.41) is 13.8. The van der Waals surface area contributed by atoms with Gasteiger partial charge in [-0.3, -0.25) is 9.48 Å². The Balaban J connectivity index is 1.58. The van der Waals surface area contributed by atoms with E-state index in [2.05, 4.69) is 15.4 Å². The van der Waals surface area contributed by atoms with Crippen molar-refractivity contribution in [1.82, 2.24) is 24.5 Å². The highest BCUT2D eigenvalue weighted by atomic mass is 16.2. The van der Waals surface area contributed by atoms with Crippen molar-refractivity contribution in [3.05, 3.63) is 78.8 Å². The number of hydrogen-bond donors (Lipinski definition) is 1. The van der Waals surface area contributed by atoms with Gasteiger partial charge in [0.05, 0.1) is 28.5 Å². The second kappa shape index (κ2) is 6.87. The molecule has 0 saturated heterocycles. The summed E-state index contributed by atoms with van der Waals surface area (Å²) in [5.41, 5.74) is 4.13. The fraction of sp³-hybridized carbons (Fsp3) is 0.0909. The first kappa shape index (κ1) is 17.1. The van der Waals surface area contributed by atoms with Crippen molar-refractivity contribution in [2.75, 3.05) is 5.32 Å². The van der Waals surface area contributed by atoms with Gasteiger partial charge in [0.1, 0.15) is 6.54 Å². The van der Waals surface area contributed by atoms with Crippen molar-refractivity contribution >= 4 is 33.5 Å². The first-order valence-corrected chi connectivity index (χ1v) is 9.31. The molecule has 1 N–H and O–H groups in total. The van der Waals surface area contributed by atoms with Crippen LogP contribution in [-0.4, -0.2) is 30.5 Å². The number of aryl methyl sites for hydroxylation is 1. The molecule has 3 heterocycles. The zero-order valence-electron chi connectivity index (χ0n) is 15.8. The van der Waals surface area contributed by atoms with Crippen LogP contribution >= 0.6 is 0 Å². The van der Waals surface area contributed by atoms with E-state index in [1.54, 1.807) is 17.1 Å². The predicted octanol–water partition coefficient (Wildman–Crippen LogP) is 3.72. The zero-order valence-corrected chi connectivity index (χ0v) is 15.8. The molecule has 0 radical (unpaired) electrons. The van der Waals surface area contributed by atoms with Crippen LogP contribution in [0.2, 0.25) is 0 Å². The second-order valence-corrected chi connectivity index (χ2v) is 6.81. The Morgan fingerprint density at radius 1 is 1.00 bits per heavy atom. The van der Waals surface area contributed by atoms with E-state index in [-0.39, 0.29) is 12.5 Å². The third-order valence-corrected chi connectivity index (χ3v) is 4.82. The van der Waals surface area contributed by atoms with Gasteiger partial charge < -0.3 is 5.32 Å². The molecular weight excluding hydrogens is 364 g/mol. The molecule has 0 bridgehead atoms. The summed E-state index contributed by atoms with van der Waals surface area (Å²) in [7, 11) is 0. The van der Waals surface area contributed by atoms with Gasteiger partial charge in [-0.15, -0.1) is 0 Å². The van der Waals surface area contributed by atoms with Crippen molar-refractivity contribution in [3.8, 4) is 5.69 Å². The highest BCUT2D eigenvalue weighted by molar-refractivity contribution is 6.04. The topological polar surface area (TPSA) is 77.6 Å². The minimum Gasteiger partial charge on any atom is -0.324 e. The molecule has 0 spiro atoms. The van der Waals surface area contributed by atoms with Gasteiger partial charge in [-0.2, -0.15) is 10.2 Å². The number of benzene rings is 2. The Hall–Kier alpha value is -4.00. The molecule has 3 aromatic heterocycles. The van der Waals surface area contributed by atoms with Crippen molar-refractivity contribution < 1.29 is 4.79 Å². The third kappa shape index (κ3) is 3.02. The number of fused-ring (bicyclic) bond motifs is 3. The number of anilines is 1. The first-order chi connectivity index (χ1) is 14.2. The maximum atomic E-state index is 12.6. The Morgan fingerprint density at radius 3 is 2.48 bits per heavy atom. The van der Waals surface area contributed by atoms with E-state index >= 15 is 0 Å². The smallest absolute Gasteiger partial charge is 0.246 e. The minimum atomic E-state index is -0.140. The number of carbonyl (C=O) groups is 1. The molecule has 142 valence electrons. The van der Waals surface area contributed by atoms with Crippen molar-refractivity contribution in [1.29, 1.82) is 0 Å². The van der Waals surface area contributed by atoms with Crippen LogP contribution < -0.4 is 5.32 Å². The normalized spacial score (nSPS) is 11.2. The molecule has 7 nitrogen and oxygen atoms in total. The molecule has 0 unspecified atom stereocenters. The summed E-state index contributed by atoms with van der Waals surface area (Å²) in [4.78, 5) is 17.2. The van der Waals surface area contributed by atoms with Crippen LogP contribution in [0, 0.1) is 6.92 Å². The van der Waals surface area contributed by atoms with Crippen LogP contribution in [-0.2, 0) is 11.3 Å². The molecule has 0 fully saturated rings. The second-order valence-electron chi connectivity index (χ2n) is 6.81. The van der Waals surface area contributed by atoms with E-state index in [1.807, 2.05) is 72.3 Å². The number of aromatic nitrogens is 5. The molecule has 0 atom stereocenters. The molecule has 0 aliphatic carbocycles. The molecule has 5 aromatic rings. The minimum absolute atomic E-state index is 0.105. The highest BCUT2D eigenvalue weighted by Crippen LogP contribution is 2.28. The van der Waals surface area contributed by atoms with Crippen LogP contribution in [0.25, 0.3) is 27.6 Å². The number of pyridine rings is 1. The molecule has 7 heteroatoms. The Morgan fingerprint density at radius 2 is 1.72 bits per heavy atom. The Kier molecular flexibility index (Phi) is 4.05. The van der Waals surface area contributed by atoms with Gasteiger partial charge in [0.25, 0.3) is 0 Å². The number of rotatable bonds is 4. The van der Waals surface area contributed by atoms with E-state index in [0.29, 0.717) is 0 Å². The lowest BCUT2D eigenvalue weighted by atomic mass is 10.2. The van der Waals surface area contributed by atoms with Gasteiger partial charge in [0, 0.05) is 17.3 Å². The average Bonchev–Trinajstić information content (AvgIpc) is 3.30. The predicted molar refractivity (Wildman–Crippen MR) is 112 cm³/mol. The van der Waals surface area contributed by atoms with Crippen molar-refractivity contribution in [2.24, 2.45) is 0 Å². The average molecular weight is 382 g/mol. The van der Waals surface area contributed by atoms with Gasteiger partial charge in [-0.1, -0.05) is 36.4 Å². The summed E-state index contributed by atoms with van der Waals surface area (Å²) in [6.07, 6.45) is 3.51. The largest absolute Gasteiger partial charge is 0.324 e. The maximum Gasteiger partial charge on any atom is 0.246 e. The number of para-hydroxylation sites is 2. The molecule has 0 aliphatic heterocycles. The molecular formula is C22H18N6O. The molecule has 29 heavy (non-hydrogen) atoms. The lowest BCUT2D eigenvalue weighted by Crippen LogP contribution is -2.19. The van der Waals surface area contributed by atoms with Gasteiger partial charge >= 0.3 is 0 Å². The summed E-state index contributed by atoms with van der Waals surface area (Å²) in [5.74, 6) is -0.140. The van der Waals surface area contributed by atoms with Gasteiger partial charge in [-0.05, 0) is 31.2 Å². The molecule has 1 amide bonds. The van der Waals surface area contributed by atoms with Gasteiger partial charge in [0.2, 0.25) is 5.91 Å². The van der Waals surface area contributed by atoms with Crippen molar-refractivity contribution in [3.63, 3.8) is 0 Å². The number of nitrogens with one attached hydrogen (secondary N) is 1. The van der Waals surface area contributed by atoms with Crippen LogP contribution in [0.5, 0.6) is 0 Å². The fourth-order valence-electron chi connectivity index (χ4n) is 3.54. The SMILES string of the molecule is Cc1nn(-c2ccccc2)c2ncc3cnn(CC(=O)Nc4ccccc4)c3c12. The van der Waals surface area contributed by atoms with Gasteiger partial charge in [0.15, 0.2) is 5.65 Å². The van der Waals surface area contributed by atoms with E-state index in [9.17, 15) is 4.79 Å². The van der Waals surface area contributed by atoms with E-state index in [1.165, 1.54) is 0 Å². The van der Waals surface area contributed by atoms with Crippen LogP contribution in [0.3, 0.4) is 0 Å². The monoisotopic (exact) mass is 382 g/mol. The summed E-state index contributed by atoms with van der Waals surface area (Å²) in [6, 6.07) is 19.3. The highest BCUT2D eigenvalue weighted by Gasteiger charge is 2.18. The molecule has 0 aliphatic rings. The van der Waals surface area contributed by atoms with Crippen LogP contribution in [0.1, 0.15) is 5.69 Å². The molecule has 2 aromatic carbocycles. The number of amides is 1. The van der Waals surface area contributed by atoms with Crippen LogP contribution in [0.15, 0.2) is 73.1 Å². The summed E-state index contributed by atoms with van der Waals surface area (Å²) < 4.78 is 3.53.